The Morgan fingerprint density at radius 3 is 2.85 bits per heavy atom. The number of rotatable bonds is 2. The number of nitrogens with zero attached hydrogens (tertiary/aromatic N) is 4. The van der Waals surface area contributed by atoms with Crippen molar-refractivity contribution in [2.75, 3.05) is 6.61 Å². The van der Waals surface area contributed by atoms with Gasteiger partial charge >= 0.3 is 0 Å². The number of aromatic nitrogens is 3. The molecule has 0 radical (unpaired) electrons. The molecule has 26 heavy (non-hydrogen) atoms. The Morgan fingerprint density at radius 2 is 2.08 bits per heavy atom. The number of fused-ring (bicyclic) bond motifs is 1. The lowest BCUT2D eigenvalue weighted by molar-refractivity contribution is 0.0639. The van der Waals surface area contributed by atoms with Crippen molar-refractivity contribution in [2.45, 2.75) is 19.5 Å². The Morgan fingerprint density at radius 1 is 1.15 bits per heavy atom. The Kier molecular flexibility index (Phi) is 4.31. The van der Waals surface area contributed by atoms with Crippen LogP contribution in [0.5, 0.6) is 5.75 Å². The van der Waals surface area contributed by atoms with Crippen molar-refractivity contribution in [1.29, 1.82) is 0 Å². The minimum Gasteiger partial charge on any atom is -0.491 e. The molecule has 0 spiro atoms. The summed E-state index contributed by atoms with van der Waals surface area (Å²) >= 11 is 0. The smallest absolute Gasteiger partial charge is 0.273 e. The van der Waals surface area contributed by atoms with E-state index in [-0.39, 0.29) is 11.9 Å². The van der Waals surface area contributed by atoms with Crippen LogP contribution in [-0.2, 0) is 6.54 Å². The van der Waals surface area contributed by atoms with E-state index < -0.39 is 0 Å². The molecule has 0 unspecified atom stereocenters. The summed E-state index contributed by atoms with van der Waals surface area (Å²) in [5, 5.41) is 0. The molecule has 1 aromatic carbocycles. The zero-order valence-corrected chi connectivity index (χ0v) is 14.4. The molecule has 6 nitrogen and oxygen atoms in total. The minimum atomic E-state index is -0.122. The van der Waals surface area contributed by atoms with E-state index in [2.05, 4.69) is 21.0 Å². The normalized spacial score (nSPS) is 16.3. The third-order valence-corrected chi connectivity index (χ3v) is 4.47. The Balaban J connectivity index is 1.68. The fourth-order valence-electron chi connectivity index (χ4n) is 3.03. The fourth-order valence-corrected chi connectivity index (χ4v) is 3.03. The van der Waals surface area contributed by atoms with Gasteiger partial charge in [0, 0.05) is 29.7 Å². The van der Waals surface area contributed by atoms with Gasteiger partial charge in [-0.3, -0.25) is 9.78 Å². The van der Waals surface area contributed by atoms with Crippen LogP contribution >= 0.6 is 0 Å². The first-order valence-electron chi connectivity index (χ1n) is 8.45. The monoisotopic (exact) mass is 346 g/mol. The first-order chi connectivity index (χ1) is 12.7. The molecular weight excluding hydrogens is 328 g/mol. The minimum absolute atomic E-state index is 0.0632. The van der Waals surface area contributed by atoms with E-state index in [9.17, 15) is 4.79 Å². The molecule has 4 rings (SSSR count). The molecular formula is C20H18N4O2. The van der Waals surface area contributed by atoms with Gasteiger partial charge in [0.2, 0.25) is 0 Å². The molecule has 0 bridgehead atoms. The summed E-state index contributed by atoms with van der Waals surface area (Å²) in [6, 6.07) is 11.5. The van der Waals surface area contributed by atoms with Gasteiger partial charge in [-0.05, 0) is 36.8 Å². The molecule has 2 aromatic heterocycles. The van der Waals surface area contributed by atoms with Gasteiger partial charge in [-0.2, -0.15) is 0 Å². The molecule has 3 aromatic rings. The summed E-state index contributed by atoms with van der Waals surface area (Å²) in [5.41, 5.74) is 3.43. The van der Waals surface area contributed by atoms with E-state index in [1.165, 1.54) is 6.33 Å². The third-order valence-electron chi connectivity index (χ3n) is 4.47. The standard InChI is InChI=1S/C20H18N4O2/c1-14-12-26-19-5-4-15(16-3-2-7-21-10-16)9-17(19)11-24(14)20(25)18-6-8-22-13-23-18/h2-10,13-14H,11-12H2,1H3/t14-/m0/s1. The van der Waals surface area contributed by atoms with Crippen LogP contribution in [0.15, 0.2) is 61.3 Å². The molecule has 1 atom stereocenters. The molecule has 130 valence electrons. The average Bonchev–Trinajstić information content (AvgIpc) is 2.87. The second kappa shape index (κ2) is 6.92. The zero-order chi connectivity index (χ0) is 17.9. The lowest BCUT2D eigenvalue weighted by atomic mass is 10.0. The number of hydrogen-bond donors (Lipinski definition) is 0. The summed E-state index contributed by atoms with van der Waals surface area (Å²) in [6.07, 6.45) is 6.54. The predicted octanol–water partition coefficient (Wildman–Crippen LogP) is 2.96. The number of carbonyl (C=O) groups is 1. The number of carbonyl (C=O) groups excluding carboxylic acids is 1. The molecule has 0 fully saturated rings. The highest BCUT2D eigenvalue weighted by Gasteiger charge is 2.27. The highest BCUT2D eigenvalue weighted by atomic mass is 16.5. The summed E-state index contributed by atoms with van der Waals surface area (Å²) in [7, 11) is 0. The van der Waals surface area contributed by atoms with Gasteiger partial charge in [-0.15, -0.1) is 0 Å². The van der Waals surface area contributed by atoms with Crippen LogP contribution in [0.2, 0.25) is 0 Å². The molecule has 3 heterocycles. The van der Waals surface area contributed by atoms with Gasteiger partial charge < -0.3 is 9.64 Å². The van der Waals surface area contributed by atoms with Crippen molar-refractivity contribution >= 4 is 5.91 Å². The van der Waals surface area contributed by atoms with Crippen molar-refractivity contribution in [3.05, 3.63) is 72.6 Å². The molecule has 0 aliphatic carbocycles. The molecule has 0 saturated heterocycles. The maximum absolute atomic E-state index is 12.9. The van der Waals surface area contributed by atoms with E-state index in [4.69, 9.17) is 4.74 Å². The van der Waals surface area contributed by atoms with Crippen LogP contribution in [0.1, 0.15) is 23.0 Å². The number of hydrogen-bond acceptors (Lipinski definition) is 5. The van der Waals surface area contributed by atoms with Crippen LogP contribution in [0.3, 0.4) is 0 Å². The largest absolute Gasteiger partial charge is 0.491 e. The van der Waals surface area contributed by atoms with Crippen molar-refractivity contribution < 1.29 is 9.53 Å². The van der Waals surface area contributed by atoms with Crippen LogP contribution in [0, 0.1) is 0 Å². The van der Waals surface area contributed by atoms with Crippen LogP contribution < -0.4 is 4.74 Å². The SMILES string of the molecule is C[C@H]1COc2ccc(-c3cccnc3)cc2CN1C(=O)c1ccncn1. The maximum Gasteiger partial charge on any atom is 0.273 e. The number of amides is 1. The first-order valence-corrected chi connectivity index (χ1v) is 8.45. The van der Waals surface area contributed by atoms with Crippen molar-refractivity contribution in [1.82, 2.24) is 19.9 Å². The lowest BCUT2D eigenvalue weighted by Crippen LogP contribution is -2.40. The van der Waals surface area contributed by atoms with Gasteiger partial charge in [-0.1, -0.05) is 12.1 Å². The first kappa shape index (κ1) is 16.2. The lowest BCUT2D eigenvalue weighted by Gasteiger charge is -2.26. The second-order valence-electron chi connectivity index (χ2n) is 6.25. The Hall–Kier alpha value is -3.28. The van der Waals surface area contributed by atoms with Gasteiger partial charge in [0.1, 0.15) is 24.4 Å². The summed E-state index contributed by atoms with van der Waals surface area (Å²) < 4.78 is 5.93. The molecule has 1 aliphatic rings. The Bertz CT molecular complexity index is 916. The Labute approximate surface area is 151 Å². The number of benzene rings is 1. The summed E-state index contributed by atoms with van der Waals surface area (Å²) in [4.78, 5) is 26.8. The van der Waals surface area contributed by atoms with E-state index in [1.807, 2.05) is 37.4 Å². The van der Waals surface area contributed by atoms with E-state index in [0.717, 1.165) is 22.4 Å². The van der Waals surface area contributed by atoms with Crippen molar-refractivity contribution in [2.24, 2.45) is 0 Å². The zero-order valence-electron chi connectivity index (χ0n) is 14.4. The van der Waals surface area contributed by atoms with Crippen LogP contribution in [0.25, 0.3) is 11.1 Å². The topological polar surface area (TPSA) is 68.2 Å². The fraction of sp³-hybridized carbons (Fsp3) is 0.200. The van der Waals surface area contributed by atoms with E-state index in [0.29, 0.717) is 18.8 Å². The van der Waals surface area contributed by atoms with Gasteiger partial charge in [-0.25, -0.2) is 9.97 Å². The van der Waals surface area contributed by atoms with Crippen molar-refractivity contribution in [3.63, 3.8) is 0 Å². The molecule has 1 amide bonds. The van der Waals surface area contributed by atoms with E-state index in [1.54, 1.807) is 23.4 Å². The van der Waals surface area contributed by atoms with Crippen LogP contribution in [0.4, 0.5) is 0 Å². The maximum atomic E-state index is 12.9. The predicted molar refractivity (Wildman–Crippen MR) is 96.5 cm³/mol. The quantitative estimate of drug-likeness (QED) is 0.714. The van der Waals surface area contributed by atoms with Gasteiger partial charge in [0.25, 0.3) is 5.91 Å². The second-order valence-corrected chi connectivity index (χ2v) is 6.25. The summed E-state index contributed by atoms with van der Waals surface area (Å²) in [6.45, 7) is 2.89. The molecule has 1 aliphatic heterocycles. The average molecular weight is 346 g/mol. The van der Waals surface area contributed by atoms with Crippen LogP contribution in [-0.4, -0.2) is 38.4 Å². The third kappa shape index (κ3) is 3.13. The van der Waals surface area contributed by atoms with E-state index >= 15 is 0 Å². The molecule has 0 N–H and O–H groups in total. The number of ether oxygens (including phenoxy) is 1. The molecule has 6 heteroatoms. The summed E-state index contributed by atoms with van der Waals surface area (Å²) in [5.74, 6) is 0.686. The van der Waals surface area contributed by atoms with Gasteiger partial charge in [0.15, 0.2) is 0 Å². The van der Waals surface area contributed by atoms with Gasteiger partial charge in [0.05, 0.1) is 12.6 Å². The number of pyridine rings is 1. The molecule has 0 saturated carbocycles. The highest BCUT2D eigenvalue weighted by Crippen LogP contribution is 2.30. The van der Waals surface area contributed by atoms with Crippen molar-refractivity contribution in [3.8, 4) is 16.9 Å². The highest BCUT2D eigenvalue weighted by molar-refractivity contribution is 5.92.